The first-order chi connectivity index (χ1) is 15.1. The van der Waals surface area contributed by atoms with Crippen LogP contribution >= 0.6 is 22.9 Å². The van der Waals surface area contributed by atoms with Gasteiger partial charge in [0.25, 0.3) is 0 Å². The summed E-state index contributed by atoms with van der Waals surface area (Å²) in [6.45, 7) is 5.32. The molecular formula is C22H24ClN3O4S. The van der Waals surface area contributed by atoms with E-state index in [2.05, 4.69) is 11.0 Å². The SMILES string of the molecule is O=C([C@H]1CC(=O)N(c2ccc3c(c2)OCCO3)C1)N1CCN(Cc2ccc(Cl)s2)CC1. The predicted octanol–water partition coefficient (Wildman–Crippen LogP) is 2.87. The van der Waals surface area contributed by atoms with Crippen LogP contribution in [0.15, 0.2) is 30.3 Å². The molecule has 0 spiro atoms. The van der Waals surface area contributed by atoms with Gasteiger partial charge in [-0.25, -0.2) is 0 Å². The van der Waals surface area contributed by atoms with Gasteiger partial charge in [-0.1, -0.05) is 11.6 Å². The number of thiophene rings is 1. The normalized spacial score (nSPS) is 21.6. The van der Waals surface area contributed by atoms with Gasteiger partial charge in [0.05, 0.1) is 10.3 Å². The monoisotopic (exact) mass is 461 g/mol. The maximum absolute atomic E-state index is 13.1. The summed E-state index contributed by atoms with van der Waals surface area (Å²) < 4.78 is 12.0. The summed E-state index contributed by atoms with van der Waals surface area (Å²) in [4.78, 5) is 32.9. The minimum Gasteiger partial charge on any atom is -0.486 e. The van der Waals surface area contributed by atoms with E-state index >= 15 is 0 Å². The summed E-state index contributed by atoms with van der Waals surface area (Å²) >= 11 is 7.62. The van der Waals surface area contributed by atoms with Crippen molar-refractivity contribution in [2.24, 2.45) is 5.92 Å². The summed E-state index contributed by atoms with van der Waals surface area (Å²) in [5, 5.41) is 0. The molecule has 0 saturated carbocycles. The van der Waals surface area contributed by atoms with Crippen molar-refractivity contribution in [2.75, 3.05) is 50.8 Å². The fourth-order valence-electron chi connectivity index (χ4n) is 4.36. The highest BCUT2D eigenvalue weighted by atomic mass is 35.5. The Bertz CT molecular complexity index is 989. The average Bonchev–Trinajstić information content (AvgIpc) is 3.38. The van der Waals surface area contributed by atoms with E-state index in [1.807, 2.05) is 29.2 Å². The quantitative estimate of drug-likeness (QED) is 0.700. The standard InChI is InChI=1S/C22H24ClN3O4S/c23-20-4-2-17(31-20)14-24-5-7-25(8-6-24)22(28)15-11-21(27)26(13-15)16-1-3-18-19(12-16)30-10-9-29-18/h1-4,12,15H,5-11,13-14H2/t15-/m0/s1. The number of anilines is 1. The van der Waals surface area contributed by atoms with Gasteiger partial charge in [-0.3, -0.25) is 14.5 Å². The van der Waals surface area contributed by atoms with E-state index in [4.69, 9.17) is 21.1 Å². The molecule has 3 aliphatic heterocycles. The number of rotatable bonds is 4. The maximum atomic E-state index is 13.1. The van der Waals surface area contributed by atoms with E-state index in [9.17, 15) is 9.59 Å². The minimum atomic E-state index is -0.302. The third-order valence-electron chi connectivity index (χ3n) is 6.00. The largest absolute Gasteiger partial charge is 0.486 e. The number of benzene rings is 1. The number of halogens is 1. The molecule has 0 N–H and O–H groups in total. The molecule has 7 nitrogen and oxygen atoms in total. The van der Waals surface area contributed by atoms with Crippen molar-refractivity contribution in [1.82, 2.24) is 9.80 Å². The predicted molar refractivity (Wildman–Crippen MR) is 119 cm³/mol. The summed E-state index contributed by atoms with van der Waals surface area (Å²) in [6.07, 6.45) is 0.251. The summed E-state index contributed by atoms with van der Waals surface area (Å²) in [5.74, 6) is 1.09. The minimum absolute atomic E-state index is 0.0248. The second-order valence-electron chi connectivity index (χ2n) is 8.04. The van der Waals surface area contributed by atoms with E-state index in [-0.39, 0.29) is 24.2 Å². The first kappa shape index (κ1) is 20.6. The lowest BCUT2D eigenvalue weighted by molar-refractivity contribution is -0.137. The van der Waals surface area contributed by atoms with Crippen molar-refractivity contribution in [3.05, 3.63) is 39.5 Å². The first-order valence-corrected chi connectivity index (χ1v) is 11.7. The Morgan fingerprint density at radius 3 is 2.58 bits per heavy atom. The lowest BCUT2D eigenvalue weighted by Gasteiger charge is -2.35. The maximum Gasteiger partial charge on any atom is 0.228 e. The van der Waals surface area contributed by atoms with Gasteiger partial charge in [-0.05, 0) is 24.3 Å². The molecule has 9 heteroatoms. The lowest BCUT2D eigenvalue weighted by Crippen LogP contribution is -2.50. The number of carbonyl (C=O) groups is 2. The van der Waals surface area contributed by atoms with Crippen molar-refractivity contribution >= 4 is 40.4 Å². The molecule has 1 aromatic carbocycles. The Balaban J connectivity index is 1.18. The Morgan fingerprint density at radius 1 is 1.06 bits per heavy atom. The van der Waals surface area contributed by atoms with Crippen molar-refractivity contribution < 1.29 is 19.1 Å². The Hall–Kier alpha value is -2.29. The van der Waals surface area contributed by atoms with Crippen LogP contribution in [0.1, 0.15) is 11.3 Å². The van der Waals surface area contributed by atoms with Gasteiger partial charge in [0.15, 0.2) is 11.5 Å². The molecule has 0 radical (unpaired) electrons. The number of ether oxygens (including phenoxy) is 2. The number of nitrogens with zero attached hydrogens (tertiary/aromatic N) is 3. The van der Waals surface area contributed by atoms with Crippen LogP contribution in [0.2, 0.25) is 4.34 Å². The number of piperazine rings is 1. The molecule has 2 fully saturated rings. The lowest BCUT2D eigenvalue weighted by atomic mass is 10.1. The Morgan fingerprint density at radius 2 is 1.84 bits per heavy atom. The van der Waals surface area contributed by atoms with E-state index in [0.29, 0.717) is 44.3 Å². The third-order valence-corrected chi connectivity index (χ3v) is 7.22. The summed E-state index contributed by atoms with van der Waals surface area (Å²) in [5.41, 5.74) is 0.754. The molecular weight excluding hydrogens is 438 g/mol. The van der Waals surface area contributed by atoms with Crippen LogP contribution in [0, 0.1) is 5.92 Å². The van der Waals surface area contributed by atoms with Gasteiger partial charge in [0.2, 0.25) is 11.8 Å². The molecule has 1 atom stereocenters. The zero-order valence-electron chi connectivity index (χ0n) is 17.1. The molecule has 2 saturated heterocycles. The van der Waals surface area contributed by atoms with Crippen molar-refractivity contribution in [2.45, 2.75) is 13.0 Å². The molecule has 4 heterocycles. The summed E-state index contributed by atoms with van der Waals surface area (Å²) in [6, 6.07) is 9.49. The molecule has 2 aromatic rings. The number of hydrogen-bond donors (Lipinski definition) is 0. The third kappa shape index (κ3) is 4.37. The van der Waals surface area contributed by atoms with E-state index in [1.165, 1.54) is 4.88 Å². The number of fused-ring (bicyclic) bond motifs is 1. The highest BCUT2D eigenvalue weighted by Crippen LogP contribution is 2.36. The molecule has 31 heavy (non-hydrogen) atoms. The van der Waals surface area contributed by atoms with Crippen molar-refractivity contribution in [3.8, 4) is 11.5 Å². The van der Waals surface area contributed by atoms with Crippen molar-refractivity contribution in [1.29, 1.82) is 0 Å². The second kappa shape index (κ2) is 8.68. The average molecular weight is 462 g/mol. The van der Waals surface area contributed by atoms with Crippen LogP contribution in [-0.4, -0.2) is 67.6 Å². The molecule has 0 unspecified atom stereocenters. The van der Waals surface area contributed by atoms with Crippen LogP contribution in [0.5, 0.6) is 11.5 Å². The molecule has 3 aliphatic rings. The van der Waals surface area contributed by atoms with Crippen LogP contribution < -0.4 is 14.4 Å². The van der Waals surface area contributed by atoms with Gasteiger partial charge in [0.1, 0.15) is 13.2 Å². The number of amides is 2. The Kier molecular flexibility index (Phi) is 5.77. The van der Waals surface area contributed by atoms with Crippen LogP contribution in [0.4, 0.5) is 5.69 Å². The second-order valence-corrected chi connectivity index (χ2v) is 9.84. The number of carbonyl (C=O) groups excluding carboxylic acids is 2. The van der Waals surface area contributed by atoms with Gasteiger partial charge >= 0.3 is 0 Å². The first-order valence-electron chi connectivity index (χ1n) is 10.5. The molecule has 0 aliphatic carbocycles. The topological polar surface area (TPSA) is 62.3 Å². The van der Waals surface area contributed by atoms with Crippen LogP contribution in [-0.2, 0) is 16.1 Å². The van der Waals surface area contributed by atoms with E-state index < -0.39 is 0 Å². The van der Waals surface area contributed by atoms with E-state index in [1.54, 1.807) is 16.2 Å². The highest BCUT2D eigenvalue weighted by molar-refractivity contribution is 7.16. The molecule has 2 amide bonds. The van der Waals surface area contributed by atoms with Gasteiger partial charge < -0.3 is 19.3 Å². The molecule has 164 valence electrons. The Labute approximate surface area is 190 Å². The van der Waals surface area contributed by atoms with Crippen LogP contribution in [0.25, 0.3) is 0 Å². The summed E-state index contributed by atoms with van der Waals surface area (Å²) in [7, 11) is 0. The van der Waals surface area contributed by atoms with Gasteiger partial charge in [-0.15, -0.1) is 11.3 Å². The van der Waals surface area contributed by atoms with Gasteiger partial charge in [0, 0.05) is 62.3 Å². The zero-order valence-corrected chi connectivity index (χ0v) is 18.7. The fraction of sp³-hybridized carbons (Fsp3) is 0.455. The van der Waals surface area contributed by atoms with Crippen molar-refractivity contribution in [3.63, 3.8) is 0 Å². The number of hydrogen-bond acceptors (Lipinski definition) is 6. The van der Waals surface area contributed by atoms with Crippen LogP contribution in [0.3, 0.4) is 0 Å². The highest BCUT2D eigenvalue weighted by Gasteiger charge is 2.38. The zero-order chi connectivity index (χ0) is 21.4. The smallest absolute Gasteiger partial charge is 0.228 e. The van der Waals surface area contributed by atoms with Gasteiger partial charge in [-0.2, -0.15) is 0 Å². The molecule has 1 aromatic heterocycles. The molecule has 5 rings (SSSR count). The molecule has 0 bridgehead atoms. The fourth-order valence-corrected chi connectivity index (χ4v) is 5.49. The van der Waals surface area contributed by atoms with E-state index in [0.717, 1.165) is 29.7 Å².